The van der Waals surface area contributed by atoms with Crippen LogP contribution in [0.5, 0.6) is 0 Å². The summed E-state index contributed by atoms with van der Waals surface area (Å²) in [6.07, 6.45) is 2.80. The smallest absolute Gasteiger partial charge is 0.136 e. The lowest BCUT2D eigenvalue weighted by Crippen LogP contribution is -2.59. The molecule has 0 aliphatic heterocycles. The molecule has 5 heteroatoms. The van der Waals surface area contributed by atoms with E-state index in [1.54, 1.807) is 0 Å². The largest absolute Gasteiger partial charge is 0.390 e. The monoisotopic (exact) mass is 464 g/mol. The number of Topliss-reactive ketones (excluding diaryl/α,β-unsaturated/α-hetero) is 1. The second kappa shape index (κ2) is 8.87. The molecule has 0 aromatic heterocycles. The highest BCUT2D eigenvalue weighted by molar-refractivity contribution is 5.83. The molecular formula is C28H48O5. The molecule has 5 nitrogen and oxygen atoms in total. The SMILES string of the molecule is CC(C)[C@H](C)[C@@H](O)[C@H](O)[C@H](C)[C@@H]1CC[C@@H]2[C@@H]3CC(=O)[C@@H]4C[C@@H](O)[C@@H](O)C[C@]4(C)[C@@H]3CC[C@@]21C. The van der Waals surface area contributed by atoms with Gasteiger partial charge in [0, 0.05) is 12.3 Å². The quantitative estimate of drug-likeness (QED) is 0.496. The highest BCUT2D eigenvalue weighted by atomic mass is 16.3. The fourth-order valence-corrected chi connectivity index (χ4v) is 9.23. The van der Waals surface area contributed by atoms with Crippen molar-refractivity contribution in [1.29, 1.82) is 0 Å². The van der Waals surface area contributed by atoms with Crippen LogP contribution >= 0.6 is 0 Å². The molecule has 4 N–H and O–H groups in total. The summed E-state index contributed by atoms with van der Waals surface area (Å²) >= 11 is 0. The highest BCUT2D eigenvalue weighted by Gasteiger charge is 2.63. The van der Waals surface area contributed by atoms with Crippen molar-refractivity contribution in [3.8, 4) is 0 Å². The summed E-state index contributed by atoms with van der Waals surface area (Å²) in [7, 11) is 0. The van der Waals surface area contributed by atoms with Crippen LogP contribution in [-0.2, 0) is 4.79 Å². The van der Waals surface area contributed by atoms with E-state index >= 15 is 0 Å². The molecule has 190 valence electrons. The lowest BCUT2D eigenvalue weighted by molar-refractivity contribution is -0.175. The molecule has 4 saturated carbocycles. The second-order valence-corrected chi connectivity index (χ2v) is 13.4. The zero-order valence-electron chi connectivity index (χ0n) is 21.6. The first-order chi connectivity index (χ1) is 15.3. The fraction of sp³-hybridized carbons (Fsp3) is 0.964. The van der Waals surface area contributed by atoms with Gasteiger partial charge in [0.15, 0.2) is 0 Å². The van der Waals surface area contributed by atoms with E-state index in [4.69, 9.17) is 0 Å². The molecule has 0 unspecified atom stereocenters. The molecule has 0 aromatic rings. The summed E-state index contributed by atoms with van der Waals surface area (Å²) in [6.45, 7) is 12.9. The maximum atomic E-state index is 13.3. The first kappa shape index (κ1) is 25.6. The second-order valence-electron chi connectivity index (χ2n) is 13.4. The third-order valence-corrected chi connectivity index (χ3v) is 11.7. The Morgan fingerprint density at radius 1 is 0.879 bits per heavy atom. The van der Waals surface area contributed by atoms with Crippen LogP contribution in [0.25, 0.3) is 0 Å². The van der Waals surface area contributed by atoms with Gasteiger partial charge in [-0.15, -0.1) is 0 Å². The molecule has 0 spiro atoms. The average Bonchev–Trinajstić information content (AvgIpc) is 3.10. The summed E-state index contributed by atoms with van der Waals surface area (Å²) in [5.74, 6) is 2.05. The first-order valence-corrected chi connectivity index (χ1v) is 13.6. The summed E-state index contributed by atoms with van der Waals surface area (Å²) in [6, 6.07) is 0. The van der Waals surface area contributed by atoms with E-state index in [2.05, 4.69) is 34.6 Å². The Kier molecular flexibility index (Phi) is 6.88. The van der Waals surface area contributed by atoms with E-state index < -0.39 is 24.4 Å². The zero-order chi connectivity index (χ0) is 24.5. The van der Waals surface area contributed by atoms with Crippen molar-refractivity contribution in [3.05, 3.63) is 0 Å². The van der Waals surface area contributed by atoms with Crippen LogP contribution in [0.2, 0.25) is 0 Å². The maximum Gasteiger partial charge on any atom is 0.136 e. The number of aliphatic hydroxyl groups excluding tert-OH is 4. The lowest BCUT2D eigenvalue weighted by Gasteiger charge is -2.61. The third-order valence-electron chi connectivity index (χ3n) is 11.7. The molecule has 0 aromatic carbocycles. The van der Waals surface area contributed by atoms with Gasteiger partial charge in [-0.25, -0.2) is 0 Å². The Hall–Kier alpha value is -0.490. The van der Waals surface area contributed by atoms with Crippen LogP contribution in [-0.4, -0.2) is 50.6 Å². The minimum atomic E-state index is -0.782. The Labute approximate surface area is 200 Å². The first-order valence-electron chi connectivity index (χ1n) is 13.6. The molecule has 4 fully saturated rings. The zero-order valence-corrected chi connectivity index (χ0v) is 21.6. The molecule has 0 heterocycles. The van der Waals surface area contributed by atoms with Gasteiger partial charge in [0.05, 0.1) is 24.4 Å². The molecule has 0 saturated heterocycles. The standard InChI is InChI=1S/C28H48O5/c1-14(2)15(3)25(32)26(33)16(4)18-7-8-19-17-11-22(29)21-12-23(30)24(31)13-28(21,6)20(17)9-10-27(18,19)5/h14-21,23-26,30-33H,7-13H2,1-6H3/t15-,16+,17-,18-,19+,20+,21-,23+,24-,25+,26+,27+,28+/m0/s1. The molecule has 0 bridgehead atoms. The number of ketones is 1. The summed E-state index contributed by atoms with van der Waals surface area (Å²) in [4.78, 5) is 13.3. The van der Waals surface area contributed by atoms with E-state index in [-0.39, 0.29) is 34.4 Å². The number of carbonyl (C=O) groups is 1. The molecule has 4 aliphatic carbocycles. The number of carbonyl (C=O) groups excluding carboxylic acids is 1. The van der Waals surface area contributed by atoms with Crippen molar-refractivity contribution >= 4 is 5.78 Å². The van der Waals surface area contributed by atoms with Gasteiger partial charge < -0.3 is 20.4 Å². The highest BCUT2D eigenvalue weighted by Crippen LogP contribution is 2.67. The topological polar surface area (TPSA) is 98.0 Å². The summed E-state index contributed by atoms with van der Waals surface area (Å²) in [5.41, 5.74) is -0.162. The number of fused-ring (bicyclic) bond motifs is 5. The predicted octanol–water partition coefficient (Wildman–Crippen LogP) is 3.81. The molecule has 33 heavy (non-hydrogen) atoms. The number of rotatable bonds is 5. The van der Waals surface area contributed by atoms with Gasteiger partial charge in [-0.05, 0) is 90.8 Å². The number of aliphatic hydroxyl groups is 4. The van der Waals surface area contributed by atoms with Crippen molar-refractivity contribution in [2.75, 3.05) is 0 Å². The van der Waals surface area contributed by atoms with Gasteiger partial charge in [-0.2, -0.15) is 0 Å². The van der Waals surface area contributed by atoms with Gasteiger partial charge in [0.25, 0.3) is 0 Å². The Balaban J connectivity index is 1.56. The van der Waals surface area contributed by atoms with E-state index in [1.807, 2.05) is 6.92 Å². The van der Waals surface area contributed by atoms with E-state index in [0.717, 1.165) is 25.7 Å². The normalized spacial score (nSPS) is 49.1. The third kappa shape index (κ3) is 3.93. The molecule has 13 atom stereocenters. The Bertz CT molecular complexity index is 738. The minimum Gasteiger partial charge on any atom is -0.390 e. The van der Waals surface area contributed by atoms with Gasteiger partial charge in [0.2, 0.25) is 0 Å². The van der Waals surface area contributed by atoms with E-state index in [9.17, 15) is 25.2 Å². The lowest BCUT2D eigenvalue weighted by atomic mass is 9.44. The van der Waals surface area contributed by atoms with Gasteiger partial charge in [-0.3, -0.25) is 4.79 Å². The fourth-order valence-electron chi connectivity index (χ4n) is 9.23. The van der Waals surface area contributed by atoms with Crippen LogP contribution in [0.3, 0.4) is 0 Å². The van der Waals surface area contributed by atoms with Crippen LogP contribution in [0.1, 0.15) is 86.5 Å². The van der Waals surface area contributed by atoms with Crippen LogP contribution in [0, 0.1) is 58.2 Å². The molecular weight excluding hydrogens is 416 g/mol. The van der Waals surface area contributed by atoms with E-state index in [0.29, 0.717) is 48.9 Å². The maximum absolute atomic E-state index is 13.3. The molecule has 0 amide bonds. The van der Waals surface area contributed by atoms with Gasteiger partial charge >= 0.3 is 0 Å². The Morgan fingerprint density at radius 2 is 1.52 bits per heavy atom. The van der Waals surface area contributed by atoms with Crippen molar-refractivity contribution in [2.45, 2.75) is 111 Å². The number of hydrogen-bond donors (Lipinski definition) is 4. The van der Waals surface area contributed by atoms with Crippen LogP contribution in [0.15, 0.2) is 0 Å². The van der Waals surface area contributed by atoms with Crippen molar-refractivity contribution < 1.29 is 25.2 Å². The van der Waals surface area contributed by atoms with Crippen LogP contribution in [0.4, 0.5) is 0 Å². The van der Waals surface area contributed by atoms with Crippen LogP contribution < -0.4 is 0 Å². The predicted molar refractivity (Wildman–Crippen MR) is 128 cm³/mol. The van der Waals surface area contributed by atoms with E-state index in [1.165, 1.54) is 0 Å². The molecule has 4 aliphatic rings. The molecule has 4 rings (SSSR count). The van der Waals surface area contributed by atoms with Crippen molar-refractivity contribution in [1.82, 2.24) is 0 Å². The van der Waals surface area contributed by atoms with Crippen molar-refractivity contribution in [3.63, 3.8) is 0 Å². The average molecular weight is 465 g/mol. The van der Waals surface area contributed by atoms with Gasteiger partial charge in [0.1, 0.15) is 5.78 Å². The summed E-state index contributed by atoms with van der Waals surface area (Å²) < 4.78 is 0. The Morgan fingerprint density at radius 3 is 2.15 bits per heavy atom. The summed E-state index contributed by atoms with van der Waals surface area (Å²) in [5, 5.41) is 42.8. The molecule has 0 radical (unpaired) electrons. The van der Waals surface area contributed by atoms with Crippen molar-refractivity contribution in [2.24, 2.45) is 58.2 Å². The van der Waals surface area contributed by atoms with Gasteiger partial charge in [-0.1, -0.05) is 41.5 Å². The number of hydrogen-bond acceptors (Lipinski definition) is 5. The minimum absolute atomic E-state index is 0.0158.